The van der Waals surface area contributed by atoms with Gasteiger partial charge in [0.1, 0.15) is 0 Å². The number of Topliss-reactive ketones (excluding diaryl/α,β-unsaturated/α-hetero) is 1. The van der Waals surface area contributed by atoms with Crippen molar-refractivity contribution >= 4 is 40.8 Å². The smallest absolute Gasteiger partial charge is 0.164 e. The Hall–Kier alpha value is -0.130. The highest BCUT2D eigenvalue weighted by molar-refractivity contribution is 14.1. The van der Waals surface area contributed by atoms with Gasteiger partial charge in [-0.3, -0.25) is 4.79 Å². The average molecular weight is 340 g/mol. The van der Waals surface area contributed by atoms with E-state index >= 15 is 0 Å². The van der Waals surface area contributed by atoms with Gasteiger partial charge in [-0.15, -0.1) is 12.4 Å². The second-order valence-electron chi connectivity index (χ2n) is 3.48. The average Bonchev–Trinajstić information content (AvgIpc) is 2.15. The second-order valence-corrected chi connectivity index (χ2v) is 4.73. The zero-order chi connectivity index (χ0) is 10.6. The third kappa shape index (κ3) is 5.49. The van der Waals surface area contributed by atoms with Gasteiger partial charge in [0.25, 0.3) is 0 Å². The monoisotopic (exact) mass is 339 g/mol. The molecule has 0 atom stereocenters. The quantitative estimate of drug-likeness (QED) is 0.621. The highest BCUT2D eigenvalue weighted by Gasteiger charge is 2.05. The van der Waals surface area contributed by atoms with Crippen LogP contribution in [-0.4, -0.2) is 31.3 Å². The van der Waals surface area contributed by atoms with Crippen LogP contribution in [0.3, 0.4) is 0 Å². The van der Waals surface area contributed by atoms with Crippen LogP contribution in [0.2, 0.25) is 0 Å². The van der Waals surface area contributed by atoms with Crippen LogP contribution in [0.25, 0.3) is 0 Å². The van der Waals surface area contributed by atoms with Crippen LogP contribution in [0.5, 0.6) is 0 Å². The van der Waals surface area contributed by atoms with Gasteiger partial charge < -0.3 is 4.90 Å². The van der Waals surface area contributed by atoms with Crippen LogP contribution >= 0.6 is 35.0 Å². The summed E-state index contributed by atoms with van der Waals surface area (Å²) in [6, 6.07) is 7.70. The molecule has 0 aliphatic carbocycles. The number of hydrogen-bond donors (Lipinski definition) is 0. The molecule has 4 heteroatoms. The summed E-state index contributed by atoms with van der Waals surface area (Å²) < 4.78 is 1.16. The Bertz CT molecular complexity index is 311. The molecule has 84 valence electrons. The van der Waals surface area contributed by atoms with Crippen LogP contribution in [-0.2, 0) is 0 Å². The first-order chi connectivity index (χ1) is 6.59. The van der Waals surface area contributed by atoms with Crippen molar-refractivity contribution in [3.05, 3.63) is 33.4 Å². The van der Waals surface area contributed by atoms with E-state index in [2.05, 4.69) is 22.6 Å². The van der Waals surface area contributed by atoms with E-state index in [1.54, 1.807) is 0 Å². The first-order valence-electron chi connectivity index (χ1n) is 4.53. The van der Waals surface area contributed by atoms with Crippen molar-refractivity contribution in [1.82, 2.24) is 4.90 Å². The summed E-state index contributed by atoms with van der Waals surface area (Å²) in [4.78, 5) is 13.6. The third-order valence-electron chi connectivity index (χ3n) is 1.95. The Morgan fingerprint density at radius 2 is 1.80 bits per heavy atom. The minimum Gasteiger partial charge on any atom is -0.309 e. The SMILES string of the molecule is CN(C)CCC(=O)c1ccc(I)cc1.Cl. The summed E-state index contributed by atoms with van der Waals surface area (Å²) in [7, 11) is 3.95. The van der Waals surface area contributed by atoms with Gasteiger partial charge in [0.05, 0.1) is 0 Å². The molecule has 1 aromatic carbocycles. The van der Waals surface area contributed by atoms with Gasteiger partial charge in [-0.2, -0.15) is 0 Å². The molecular weight excluding hydrogens is 324 g/mol. The fraction of sp³-hybridized carbons (Fsp3) is 0.364. The molecule has 0 aliphatic heterocycles. The molecule has 1 rings (SSSR count). The number of rotatable bonds is 4. The van der Waals surface area contributed by atoms with Crippen molar-refractivity contribution in [2.45, 2.75) is 6.42 Å². The van der Waals surface area contributed by atoms with Crippen LogP contribution in [0, 0.1) is 3.57 Å². The molecule has 0 spiro atoms. The van der Waals surface area contributed by atoms with E-state index in [1.165, 1.54) is 0 Å². The van der Waals surface area contributed by atoms with Crippen molar-refractivity contribution in [2.24, 2.45) is 0 Å². The van der Waals surface area contributed by atoms with Gasteiger partial charge >= 0.3 is 0 Å². The highest BCUT2D eigenvalue weighted by atomic mass is 127. The lowest BCUT2D eigenvalue weighted by Crippen LogP contribution is -2.16. The van der Waals surface area contributed by atoms with Crippen LogP contribution < -0.4 is 0 Å². The maximum atomic E-state index is 11.6. The highest BCUT2D eigenvalue weighted by Crippen LogP contribution is 2.08. The number of hydrogen-bond acceptors (Lipinski definition) is 2. The summed E-state index contributed by atoms with van der Waals surface area (Å²) in [5, 5.41) is 0. The van der Waals surface area contributed by atoms with Gasteiger partial charge in [-0.25, -0.2) is 0 Å². The number of carbonyl (C=O) groups excluding carboxylic acids is 1. The molecule has 0 N–H and O–H groups in total. The lowest BCUT2D eigenvalue weighted by atomic mass is 10.1. The molecule has 0 heterocycles. The topological polar surface area (TPSA) is 20.3 Å². The van der Waals surface area contributed by atoms with Crippen molar-refractivity contribution in [3.8, 4) is 0 Å². The van der Waals surface area contributed by atoms with Gasteiger partial charge in [0, 0.05) is 22.1 Å². The fourth-order valence-electron chi connectivity index (χ4n) is 1.11. The van der Waals surface area contributed by atoms with E-state index in [0.29, 0.717) is 6.42 Å². The molecule has 0 aliphatic rings. The molecule has 0 radical (unpaired) electrons. The molecular formula is C11H15ClINO. The molecule has 1 aromatic rings. The molecule has 0 amide bonds. The van der Waals surface area contributed by atoms with E-state index in [0.717, 1.165) is 15.7 Å². The largest absolute Gasteiger partial charge is 0.309 e. The van der Waals surface area contributed by atoms with E-state index in [4.69, 9.17) is 0 Å². The van der Waals surface area contributed by atoms with E-state index < -0.39 is 0 Å². The summed E-state index contributed by atoms with van der Waals surface area (Å²) in [6.07, 6.45) is 0.591. The van der Waals surface area contributed by atoms with Gasteiger partial charge in [0.15, 0.2) is 5.78 Å². The molecule has 15 heavy (non-hydrogen) atoms. The van der Waals surface area contributed by atoms with E-state index in [1.807, 2.05) is 43.3 Å². The normalized spacial score (nSPS) is 9.87. The Balaban J connectivity index is 0.00000196. The van der Waals surface area contributed by atoms with Crippen molar-refractivity contribution < 1.29 is 4.79 Å². The Kier molecular flexibility index (Phi) is 7.13. The first kappa shape index (κ1) is 14.9. The van der Waals surface area contributed by atoms with Crippen molar-refractivity contribution in [1.29, 1.82) is 0 Å². The summed E-state index contributed by atoms with van der Waals surface area (Å²) >= 11 is 2.23. The van der Waals surface area contributed by atoms with Crippen LogP contribution in [0.4, 0.5) is 0 Å². The number of halogens is 2. The van der Waals surface area contributed by atoms with Gasteiger partial charge in [-0.05, 0) is 48.8 Å². The second kappa shape index (κ2) is 7.19. The number of nitrogens with zero attached hydrogens (tertiary/aromatic N) is 1. The minimum atomic E-state index is 0. The lowest BCUT2D eigenvalue weighted by molar-refractivity contribution is 0.0972. The molecule has 0 aromatic heterocycles. The van der Waals surface area contributed by atoms with E-state index in [-0.39, 0.29) is 18.2 Å². The number of carbonyl (C=O) groups is 1. The van der Waals surface area contributed by atoms with Gasteiger partial charge in [0.2, 0.25) is 0 Å². The van der Waals surface area contributed by atoms with E-state index in [9.17, 15) is 4.79 Å². The minimum absolute atomic E-state index is 0. The number of benzene rings is 1. The summed E-state index contributed by atoms with van der Waals surface area (Å²) in [5.74, 6) is 0.218. The molecule has 0 saturated heterocycles. The molecule has 0 fully saturated rings. The standard InChI is InChI=1S/C11H14INO.ClH/c1-13(2)8-7-11(14)9-3-5-10(12)6-4-9;/h3-6H,7-8H2,1-2H3;1H. The third-order valence-corrected chi connectivity index (χ3v) is 2.67. The predicted octanol–water partition coefficient (Wildman–Crippen LogP) is 2.85. The predicted molar refractivity (Wildman–Crippen MR) is 73.9 cm³/mol. The zero-order valence-electron chi connectivity index (χ0n) is 8.87. The molecule has 0 bridgehead atoms. The number of ketones is 1. The lowest BCUT2D eigenvalue weighted by Gasteiger charge is -2.08. The summed E-state index contributed by atoms with van der Waals surface area (Å²) in [6.45, 7) is 0.810. The van der Waals surface area contributed by atoms with Crippen LogP contribution in [0.15, 0.2) is 24.3 Å². The molecule has 0 unspecified atom stereocenters. The Morgan fingerprint density at radius 1 is 1.27 bits per heavy atom. The molecule has 2 nitrogen and oxygen atoms in total. The zero-order valence-corrected chi connectivity index (χ0v) is 11.8. The first-order valence-corrected chi connectivity index (χ1v) is 5.61. The summed E-state index contributed by atoms with van der Waals surface area (Å²) in [5.41, 5.74) is 0.812. The van der Waals surface area contributed by atoms with Crippen molar-refractivity contribution in [3.63, 3.8) is 0 Å². The maximum absolute atomic E-state index is 11.6. The van der Waals surface area contributed by atoms with Crippen molar-refractivity contribution in [2.75, 3.05) is 20.6 Å². The Labute approximate surface area is 111 Å². The van der Waals surface area contributed by atoms with Gasteiger partial charge in [-0.1, -0.05) is 12.1 Å². The Morgan fingerprint density at radius 3 is 2.27 bits per heavy atom. The maximum Gasteiger partial charge on any atom is 0.164 e. The van der Waals surface area contributed by atoms with Crippen LogP contribution in [0.1, 0.15) is 16.8 Å². The fourth-order valence-corrected chi connectivity index (χ4v) is 1.46. The molecule has 0 saturated carbocycles.